The summed E-state index contributed by atoms with van der Waals surface area (Å²) in [6.45, 7) is 11.8. The normalized spacial score (nSPS) is 35.9. The van der Waals surface area contributed by atoms with E-state index in [1.54, 1.807) is 44.6 Å². The average Bonchev–Trinajstić information content (AvgIpc) is 3.79. The second-order valence-electron chi connectivity index (χ2n) is 18.2. The lowest BCUT2D eigenvalue weighted by molar-refractivity contribution is 0.343. The van der Waals surface area contributed by atoms with Crippen molar-refractivity contribution in [1.82, 2.24) is 9.80 Å². The van der Waals surface area contributed by atoms with E-state index in [1.807, 2.05) is 0 Å². The molecule has 1 aromatic carbocycles. The first-order chi connectivity index (χ1) is 27.5. The molecular formula is C52H52BN3. The van der Waals surface area contributed by atoms with Crippen LogP contribution in [-0.2, 0) is 0 Å². The van der Waals surface area contributed by atoms with Crippen LogP contribution in [0.15, 0.2) is 185 Å². The number of rotatable bonds is 5. The molecular weight excluding hydrogens is 677 g/mol. The fourth-order valence-corrected chi connectivity index (χ4v) is 13.5. The van der Waals surface area contributed by atoms with E-state index in [0.717, 1.165) is 32.1 Å². The number of hydrogen-bond acceptors (Lipinski definition) is 3. The van der Waals surface area contributed by atoms with E-state index in [1.165, 1.54) is 22.7 Å². The fraction of sp³-hybridized carbons (Fsp3) is 0.346. The maximum absolute atomic E-state index is 4.05. The summed E-state index contributed by atoms with van der Waals surface area (Å²) in [5.41, 5.74) is 18.7. The number of allylic oxidation sites excluding steroid dienone is 17. The zero-order chi connectivity index (χ0) is 37.4. The molecule has 278 valence electrons. The van der Waals surface area contributed by atoms with Gasteiger partial charge in [0.1, 0.15) is 0 Å². The molecule has 0 saturated heterocycles. The molecule has 5 aliphatic heterocycles. The molecule has 0 N–H and O–H groups in total. The van der Waals surface area contributed by atoms with E-state index in [-0.39, 0.29) is 0 Å². The maximum Gasteiger partial charge on any atom is 0.221 e. The highest BCUT2D eigenvalue weighted by Gasteiger charge is 2.60. The Morgan fingerprint density at radius 3 is 2.43 bits per heavy atom. The van der Waals surface area contributed by atoms with E-state index in [4.69, 9.17) is 0 Å². The van der Waals surface area contributed by atoms with Gasteiger partial charge >= 0.3 is 0 Å². The molecule has 0 radical (unpaired) electrons. The third-order valence-electron chi connectivity index (χ3n) is 15.7. The number of fused-ring (bicyclic) bond motifs is 11. The smallest absolute Gasteiger partial charge is 0.221 e. The van der Waals surface area contributed by atoms with Gasteiger partial charge in [-0.1, -0.05) is 135 Å². The molecule has 0 fully saturated rings. The van der Waals surface area contributed by atoms with Crippen LogP contribution in [0.25, 0.3) is 0 Å². The predicted octanol–water partition coefficient (Wildman–Crippen LogP) is 10.5. The molecule has 56 heavy (non-hydrogen) atoms. The molecule has 10 atom stereocenters. The van der Waals surface area contributed by atoms with Crippen molar-refractivity contribution < 1.29 is 0 Å². The van der Waals surface area contributed by atoms with Gasteiger partial charge in [0.2, 0.25) is 6.71 Å². The number of hydrogen-bond donors (Lipinski definition) is 0. The molecule has 4 heteroatoms. The average molecular weight is 730 g/mol. The Hall–Kier alpha value is -4.96. The zero-order valence-corrected chi connectivity index (χ0v) is 33.1. The molecule has 0 aromatic heterocycles. The second-order valence-corrected chi connectivity index (χ2v) is 18.2. The fourth-order valence-electron chi connectivity index (χ4n) is 13.5. The summed E-state index contributed by atoms with van der Waals surface area (Å²) in [4.78, 5) is 8.48. The van der Waals surface area contributed by atoms with Gasteiger partial charge < -0.3 is 14.7 Å². The van der Waals surface area contributed by atoms with Crippen molar-refractivity contribution in [3.8, 4) is 0 Å². The topological polar surface area (TPSA) is 9.72 Å². The van der Waals surface area contributed by atoms with Crippen molar-refractivity contribution in [3.63, 3.8) is 0 Å². The van der Waals surface area contributed by atoms with Crippen LogP contribution in [0.4, 0.5) is 5.69 Å². The summed E-state index contributed by atoms with van der Waals surface area (Å²) in [6.07, 6.45) is 48.8. The van der Waals surface area contributed by atoms with Crippen LogP contribution in [0.3, 0.4) is 0 Å². The first kappa shape index (κ1) is 33.2. The molecule has 6 unspecified atom stereocenters. The molecule has 0 amide bonds. The van der Waals surface area contributed by atoms with Crippen LogP contribution in [0, 0.1) is 23.7 Å². The van der Waals surface area contributed by atoms with Crippen molar-refractivity contribution in [2.45, 2.75) is 88.8 Å². The van der Waals surface area contributed by atoms with Gasteiger partial charge in [-0.2, -0.15) is 0 Å². The van der Waals surface area contributed by atoms with Gasteiger partial charge in [-0.3, -0.25) is 0 Å². The summed E-state index contributed by atoms with van der Waals surface area (Å²) in [7, 11) is 0. The molecule has 1 aromatic rings. The quantitative estimate of drug-likeness (QED) is 0.221. The third-order valence-corrected chi connectivity index (χ3v) is 15.7. The van der Waals surface area contributed by atoms with E-state index in [9.17, 15) is 0 Å². The van der Waals surface area contributed by atoms with Crippen molar-refractivity contribution >= 4 is 17.9 Å². The van der Waals surface area contributed by atoms with Crippen molar-refractivity contribution in [1.29, 1.82) is 0 Å². The first-order valence-electron chi connectivity index (χ1n) is 21.7. The number of benzene rings is 1. The molecule has 12 rings (SSSR count). The Labute approximate surface area is 334 Å². The van der Waals surface area contributed by atoms with E-state index >= 15 is 0 Å². The highest BCUT2D eigenvalue weighted by molar-refractivity contribution is 6.84. The highest BCUT2D eigenvalue weighted by atomic mass is 15.3. The summed E-state index contributed by atoms with van der Waals surface area (Å²) in [6, 6.07) is 8.77. The van der Waals surface area contributed by atoms with Gasteiger partial charge in [-0.25, -0.2) is 0 Å². The monoisotopic (exact) mass is 729 g/mol. The minimum atomic E-state index is 0.314. The summed E-state index contributed by atoms with van der Waals surface area (Å²) >= 11 is 0. The summed E-state index contributed by atoms with van der Waals surface area (Å²) in [5, 5.41) is 0. The lowest BCUT2D eigenvalue weighted by Crippen LogP contribution is -2.63. The highest BCUT2D eigenvalue weighted by Crippen LogP contribution is 2.61. The van der Waals surface area contributed by atoms with Crippen LogP contribution in [-0.4, -0.2) is 40.7 Å². The van der Waals surface area contributed by atoms with E-state index < -0.39 is 0 Å². The van der Waals surface area contributed by atoms with Crippen molar-refractivity contribution in [2.75, 3.05) is 4.90 Å². The minimum absolute atomic E-state index is 0.314. The Morgan fingerprint density at radius 2 is 1.62 bits per heavy atom. The number of para-hydroxylation sites is 1. The molecule has 6 aliphatic carbocycles. The second kappa shape index (κ2) is 12.3. The standard InChI is InChI=1S/C52H52BN3/c1-5-6-16-36-33(4)54(44-23-11-8-17-37(36)44)35-28-26-34(27-29-35)41-30-47-49-50(32(41)3)56-46-25-10-7-15-31(2)48(46)40-20-14-22-43(52(40)56)53(49)42-21-13-19-39-38-18-9-12-24-45(38)55(47)51(39)42/h5,7-15,17-20,22-26,28,30-32,37-38,42,44-46,48,50H,1,6,16,21,27,29H2,2-4H3/t31-,32-,37?,38?,42-,44?,45?,46?,48-,50?/m0/s1. The van der Waals surface area contributed by atoms with Crippen LogP contribution in [0.2, 0.25) is 5.82 Å². The van der Waals surface area contributed by atoms with Crippen molar-refractivity contribution in [3.05, 3.63) is 190 Å². The lowest BCUT2D eigenvalue weighted by Gasteiger charge is -2.55. The Bertz CT molecular complexity index is 2400. The van der Waals surface area contributed by atoms with Gasteiger partial charge in [0.15, 0.2) is 0 Å². The van der Waals surface area contributed by atoms with Crippen LogP contribution < -0.4 is 10.4 Å². The van der Waals surface area contributed by atoms with Gasteiger partial charge in [-0.15, -0.1) is 6.58 Å². The Balaban J connectivity index is 1.03. The first-order valence-corrected chi connectivity index (χ1v) is 21.7. The SMILES string of the molecule is C=CCCC1=C(C)N(C2=CC=C(C3=CC4=C5B(c6cccc7c6N(C5[C@H]3C)C3C=CC=C[C@H](C)[C@@H]73)[C@H]3CC=CC5=C3N4C3C=CC=CC53)CC2)C2C=CC=CC12. The Kier molecular flexibility index (Phi) is 7.28. The largest absolute Gasteiger partial charge is 0.358 e. The lowest BCUT2D eigenvalue weighted by atomic mass is 9.27. The number of nitrogens with zero attached hydrogens (tertiary/aromatic N) is 3. The maximum atomic E-state index is 4.05. The molecule has 0 bridgehead atoms. The Morgan fingerprint density at radius 1 is 0.857 bits per heavy atom. The van der Waals surface area contributed by atoms with Crippen LogP contribution >= 0.6 is 0 Å². The molecule has 3 nitrogen and oxygen atoms in total. The molecule has 11 aliphatic rings. The predicted molar refractivity (Wildman–Crippen MR) is 233 cm³/mol. The summed E-state index contributed by atoms with van der Waals surface area (Å²) in [5.74, 6) is 2.65. The van der Waals surface area contributed by atoms with Gasteiger partial charge in [0.25, 0.3) is 0 Å². The van der Waals surface area contributed by atoms with E-state index in [2.05, 4.69) is 170 Å². The molecule has 0 saturated carbocycles. The molecule has 5 heterocycles. The zero-order valence-electron chi connectivity index (χ0n) is 33.1. The van der Waals surface area contributed by atoms with Crippen LogP contribution in [0.1, 0.15) is 64.4 Å². The van der Waals surface area contributed by atoms with Crippen LogP contribution in [0.5, 0.6) is 0 Å². The minimum Gasteiger partial charge on any atom is -0.358 e. The van der Waals surface area contributed by atoms with Crippen molar-refractivity contribution in [2.24, 2.45) is 23.7 Å². The van der Waals surface area contributed by atoms with Gasteiger partial charge in [0, 0.05) is 52.1 Å². The summed E-state index contributed by atoms with van der Waals surface area (Å²) < 4.78 is 0. The third kappa shape index (κ3) is 4.31. The van der Waals surface area contributed by atoms with Gasteiger partial charge in [0.05, 0.1) is 24.2 Å². The molecule has 0 spiro atoms. The number of anilines is 1. The van der Waals surface area contributed by atoms with E-state index in [0.29, 0.717) is 66.3 Å². The van der Waals surface area contributed by atoms with Gasteiger partial charge in [-0.05, 0) is 96.2 Å².